The molecule has 0 aliphatic carbocycles. The average molecular weight is 451 g/mol. The highest BCUT2D eigenvalue weighted by atomic mass is 16.5. The molecule has 184 valence electrons. The van der Waals surface area contributed by atoms with Crippen molar-refractivity contribution >= 4 is 17.7 Å². The van der Waals surface area contributed by atoms with E-state index in [2.05, 4.69) is 29.7 Å². The van der Waals surface area contributed by atoms with Gasteiger partial charge in [-0.05, 0) is 38.5 Å². The van der Waals surface area contributed by atoms with Gasteiger partial charge < -0.3 is 10.1 Å². The van der Waals surface area contributed by atoms with Gasteiger partial charge in [0.05, 0.1) is 6.61 Å². The number of amides is 3. The SMILES string of the molecule is CCCCCCCC/C=C\CCCCCCCC(=O)NCCOCCC1CC(=O)NC1=O. The molecule has 1 rings (SSSR count). The minimum absolute atomic E-state index is 0.0759. The van der Waals surface area contributed by atoms with E-state index < -0.39 is 0 Å². The fourth-order valence-corrected chi connectivity index (χ4v) is 3.88. The Hall–Kier alpha value is -1.69. The lowest BCUT2D eigenvalue weighted by Gasteiger charge is -2.08. The van der Waals surface area contributed by atoms with Crippen LogP contribution in [0.4, 0.5) is 0 Å². The van der Waals surface area contributed by atoms with Gasteiger partial charge in [0.25, 0.3) is 0 Å². The van der Waals surface area contributed by atoms with Gasteiger partial charge >= 0.3 is 0 Å². The zero-order valence-corrected chi connectivity index (χ0v) is 20.3. The Morgan fingerprint density at radius 2 is 1.56 bits per heavy atom. The molecule has 3 amide bonds. The molecule has 1 saturated heterocycles. The summed E-state index contributed by atoms with van der Waals surface area (Å²) in [5, 5.41) is 5.16. The highest BCUT2D eigenvalue weighted by molar-refractivity contribution is 6.03. The number of unbranched alkanes of at least 4 members (excludes halogenated alkanes) is 11. The van der Waals surface area contributed by atoms with Gasteiger partial charge in [-0.3, -0.25) is 19.7 Å². The quantitative estimate of drug-likeness (QED) is 0.143. The topological polar surface area (TPSA) is 84.5 Å². The number of allylic oxidation sites excluding steroid dienone is 2. The second-order valence-corrected chi connectivity index (χ2v) is 8.90. The molecule has 6 heteroatoms. The molecular weight excluding hydrogens is 404 g/mol. The molecule has 0 bridgehead atoms. The summed E-state index contributed by atoms with van der Waals surface area (Å²) in [6.45, 7) is 3.60. The number of carbonyl (C=O) groups is 3. The number of carbonyl (C=O) groups excluding carboxylic acids is 3. The molecule has 0 saturated carbocycles. The van der Waals surface area contributed by atoms with E-state index in [1.807, 2.05) is 0 Å². The molecule has 0 aromatic rings. The summed E-state index contributed by atoms with van der Waals surface area (Å²) in [5.74, 6) is -0.597. The first-order valence-corrected chi connectivity index (χ1v) is 13.0. The van der Waals surface area contributed by atoms with Gasteiger partial charge in [0, 0.05) is 31.9 Å². The molecule has 6 nitrogen and oxygen atoms in total. The Morgan fingerprint density at radius 1 is 0.938 bits per heavy atom. The summed E-state index contributed by atoms with van der Waals surface area (Å²) in [6, 6.07) is 0. The van der Waals surface area contributed by atoms with Crippen molar-refractivity contribution < 1.29 is 19.1 Å². The molecule has 0 spiro atoms. The largest absolute Gasteiger partial charge is 0.380 e. The van der Waals surface area contributed by atoms with E-state index in [4.69, 9.17) is 4.74 Å². The van der Waals surface area contributed by atoms with Crippen molar-refractivity contribution in [2.75, 3.05) is 19.8 Å². The van der Waals surface area contributed by atoms with Crippen LogP contribution >= 0.6 is 0 Å². The summed E-state index contributed by atoms with van der Waals surface area (Å²) >= 11 is 0. The van der Waals surface area contributed by atoms with Crippen LogP contribution in [0, 0.1) is 5.92 Å². The maximum atomic E-state index is 11.8. The Balaban J connectivity index is 1.78. The standard InChI is InChI=1S/C26H46N2O4/c1-2-3-4-5-6-7-8-9-10-11-12-13-14-15-16-17-24(29)27-19-21-32-20-18-23-22-25(30)28-26(23)31/h9-10,23H,2-8,11-22H2,1H3,(H,27,29)(H,28,30,31)/b10-9-. The third kappa shape index (κ3) is 16.0. The number of hydrogen-bond donors (Lipinski definition) is 2. The molecule has 32 heavy (non-hydrogen) atoms. The molecule has 1 atom stereocenters. The number of hydrogen-bond acceptors (Lipinski definition) is 4. The molecule has 0 radical (unpaired) electrons. The van der Waals surface area contributed by atoms with Gasteiger partial charge in [-0.1, -0.05) is 70.4 Å². The average Bonchev–Trinajstić information content (AvgIpc) is 3.10. The number of rotatable bonds is 21. The maximum Gasteiger partial charge on any atom is 0.230 e. The van der Waals surface area contributed by atoms with E-state index in [1.54, 1.807) is 0 Å². The lowest BCUT2D eigenvalue weighted by atomic mass is 10.1. The number of nitrogens with one attached hydrogen (secondary N) is 2. The lowest BCUT2D eigenvalue weighted by Crippen LogP contribution is -2.27. The van der Waals surface area contributed by atoms with Crippen molar-refractivity contribution in [1.82, 2.24) is 10.6 Å². The van der Waals surface area contributed by atoms with E-state index in [9.17, 15) is 14.4 Å². The van der Waals surface area contributed by atoms with Gasteiger partial charge in [-0.25, -0.2) is 0 Å². The second kappa shape index (κ2) is 20.0. The molecule has 1 unspecified atom stereocenters. The van der Waals surface area contributed by atoms with Gasteiger partial charge in [0.15, 0.2) is 0 Å². The molecule has 1 fully saturated rings. The molecule has 0 aromatic carbocycles. The van der Waals surface area contributed by atoms with E-state index in [0.29, 0.717) is 32.6 Å². The highest BCUT2D eigenvalue weighted by Crippen LogP contribution is 2.14. The smallest absolute Gasteiger partial charge is 0.230 e. The van der Waals surface area contributed by atoms with Crippen molar-refractivity contribution in [3.63, 3.8) is 0 Å². The van der Waals surface area contributed by atoms with Crippen LogP contribution in [0.5, 0.6) is 0 Å². The van der Waals surface area contributed by atoms with Gasteiger partial charge in [0.1, 0.15) is 0 Å². The van der Waals surface area contributed by atoms with Crippen LogP contribution in [0.2, 0.25) is 0 Å². The predicted molar refractivity (Wildman–Crippen MR) is 129 cm³/mol. The van der Waals surface area contributed by atoms with Gasteiger partial charge in [0.2, 0.25) is 17.7 Å². The van der Waals surface area contributed by atoms with Crippen molar-refractivity contribution in [1.29, 1.82) is 0 Å². The van der Waals surface area contributed by atoms with Crippen LogP contribution in [0.3, 0.4) is 0 Å². The summed E-state index contributed by atoms with van der Waals surface area (Å²) < 4.78 is 5.45. The fourth-order valence-electron chi connectivity index (χ4n) is 3.88. The first-order chi connectivity index (χ1) is 15.6. The predicted octanol–water partition coefficient (Wildman–Crippen LogP) is 5.21. The number of ether oxygens (including phenoxy) is 1. The second-order valence-electron chi connectivity index (χ2n) is 8.90. The molecular formula is C26H46N2O4. The van der Waals surface area contributed by atoms with Crippen molar-refractivity contribution in [2.45, 2.75) is 110 Å². The zero-order chi connectivity index (χ0) is 23.3. The van der Waals surface area contributed by atoms with E-state index in [1.165, 1.54) is 70.6 Å². The third-order valence-corrected chi connectivity index (χ3v) is 5.91. The van der Waals surface area contributed by atoms with Crippen LogP contribution in [0.25, 0.3) is 0 Å². The Labute approximate surface area is 195 Å². The van der Waals surface area contributed by atoms with Crippen LogP contribution in [0.1, 0.15) is 110 Å². The summed E-state index contributed by atoms with van der Waals surface area (Å²) in [4.78, 5) is 34.4. The normalized spacial score (nSPS) is 16.1. The first-order valence-electron chi connectivity index (χ1n) is 13.0. The van der Waals surface area contributed by atoms with E-state index in [-0.39, 0.29) is 30.1 Å². The van der Waals surface area contributed by atoms with Crippen LogP contribution < -0.4 is 10.6 Å². The molecule has 1 aliphatic rings. The summed E-state index contributed by atoms with van der Waals surface area (Å²) in [5.41, 5.74) is 0. The Morgan fingerprint density at radius 3 is 2.19 bits per heavy atom. The molecule has 1 heterocycles. The van der Waals surface area contributed by atoms with E-state index in [0.717, 1.165) is 12.8 Å². The summed E-state index contributed by atoms with van der Waals surface area (Å²) in [7, 11) is 0. The highest BCUT2D eigenvalue weighted by Gasteiger charge is 2.29. The van der Waals surface area contributed by atoms with Gasteiger partial charge in [-0.15, -0.1) is 0 Å². The van der Waals surface area contributed by atoms with Crippen LogP contribution in [0.15, 0.2) is 12.2 Å². The summed E-state index contributed by atoms with van der Waals surface area (Å²) in [6.07, 6.45) is 22.4. The lowest BCUT2D eigenvalue weighted by molar-refractivity contribution is -0.126. The minimum Gasteiger partial charge on any atom is -0.380 e. The number of imide groups is 1. The molecule has 0 aromatic heterocycles. The Bertz CT molecular complexity index is 548. The van der Waals surface area contributed by atoms with Crippen molar-refractivity contribution in [2.24, 2.45) is 5.92 Å². The van der Waals surface area contributed by atoms with Crippen molar-refractivity contribution in [3.8, 4) is 0 Å². The van der Waals surface area contributed by atoms with Crippen LogP contribution in [-0.4, -0.2) is 37.5 Å². The monoisotopic (exact) mass is 450 g/mol. The maximum absolute atomic E-state index is 11.8. The zero-order valence-electron chi connectivity index (χ0n) is 20.3. The van der Waals surface area contributed by atoms with Crippen molar-refractivity contribution in [3.05, 3.63) is 12.2 Å². The first kappa shape index (κ1) is 28.3. The minimum atomic E-state index is -0.266. The third-order valence-electron chi connectivity index (χ3n) is 5.91. The van der Waals surface area contributed by atoms with Gasteiger partial charge in [-0.2, -0.15) is 0 Å². The van der Waals surface area contributed by atoms with E-state index >= 15 is 0 Å². The molecule has 2 N–H and O–H groups in total. The van der Waals surface area contributed by atoms with Crippen LogP contribution in [-0.2, 0) is 19.1 Å². The Kier molecular flexibility index (Phi) is 17.7. The molecule has 1 aliphatic heterocycles. The fraction of sp³-hybridized carbons (Fsp3) is 0.808.